The summed E-state index contributed by atoms with van der Waals surface area (Å²) < 4.78 is 1.82. The molecule has 28 heavy (non-hydrogen) atoms. The van der Waals surface area contributed by atoms with E-state index < -0.39 is 0 Å². The molecule has 0 aliphatic carbocycles. The summed E-state index contributed by atoms with van der Waals surface area (Å²) in [6.45, 7) is 5.00. The molecule has 0 aliphatic heterocycles. The fourth-order valence-corrected chi connectivity index (χ4v) is 3.01. The van der Waals surface area contributed by atoms with E-state index in [1.54, 1.807) is 12.3 Å². The van der Waals surface area contributed by atoms with Crippen molar-refractivity contribution >= 4 is 22.4 Å². The van der Waals surface area contributed by atoms with Crippen LogP contribution < -0.4 is 10.9 Å². The number of aromatic amines is 1. The summed E-state index contributed by atoms with van der Waals surface area (Å²) in [6, 6.07) is 13.0. The fraction of sp³-hybridized carbons (Fsp3) is 0.250. The third-order valence-electron chi connectivity index (χ3n) is 4.57. The molecule has 0 fully saturated rings. The first-order chi connectivity index (χ1) is 13.6. The highest BCUT2D eigenvalue weighted by atomic mass is 16.1. The molecule has 0 aliphatic rings. The fourth-order valence-electron chi connectivity index (χ4n) is 3.01. The number of anilines is 2. The highest BCUT2D eigenvalue weighted by Crippen LogP contribution is 2.22. The van der Waals surface area contributed by atoms with E-state index in [1.807, 2.05) is 41.0 Å². The summed E-state index contributed by atoms with van der Waals surface area (Å²) in [5.74, 6) is 1.76. The van der Waals surface area contributed by atoms with Gasteiger partial charge in [0, 0.05) is 41.5 Å². The van der Waals surface area contributed by atoms with Gasteiger partial charge in [-0.2, -0.15) is 5.21 Å². The van der Waals surface area contributed by atoms with E-state index in [-0.39, 0.29) is 5.56 Å². The third kappa shape index (κ3) is 3.75. The Balaban J connectivity index is 1.62. The van der Waals surface area contributed by atoms with Gasteiger partial charge in [0.1, 0.15) is 5.82 Å². The Morgan fingerprint density at radius 1 is 1.14 bits per heavy atom. The average molecular weight is 375 g/mol. The maximum atomic E-state index is 12.4. The number of tetrazole rings is 1. The minimum Gasteiger partial charge on any atom is -0.340 e. The molecule has 0 amide bonds. The van der Waals surface area contributed by atoms with E-state index in [4.69, 9.17) is 0 Å². The molecule has 2 N–H and O–H groups in total. The zero-order valence-electron chi connectivity index (χ0n) is 15.8. The number of H-pyrrole nitrogens is 1. The molecule has 0 saturated carbocycles. The average Bonchev–Trinajstić information content (AvgIpc) is 3.22. The second-order valence-electron chi connectivity index (χ2n) is 7.07. The number of rotatable bonds is 6. The maximum Gasteiger partial charge on any atom is 0.251 e. The lowest BCUT2D eigenvalue weighted by atomic mass is 10.1. The Morgan fingerprint density at radius 3 is 2.68 bits per heavy atom. The predicted molar refractivity (Wildman–Crippen MR) is 108 cm³/mol. The first-order valence-corrected chi connectivity index (χ1v) is 9.20. The molecule has 1 aromatic carbocycles. The highest BCUT2D eigenvalue weighted by molar-refractivity contribution is 5.81. The smallest absolute Gasteiger partial charge is 0.251 e. The van der Waals surface area contributed by atoms with Gasteiger partial charge in [0.15, 0.2) is 0 Å². The van der Waals surface area contributed by atoms with Gasteiger partial charge in [0.25, 0.3) is 5.56 Å². The Bertz CT molecular complexity index is 1130. The van der Waals surface area contributed by atoms with E-state index in [9.17, 15) is 4.79 Å². The van der Waals surface area contributed by atoms with Crippen molar-refractivity contribution in [3.05, 3.63) is 59.0 Å². The monoisotopic (exact) mass is 375 g/mol. The maximum absolute atomic E-state index is 12.4. The van der Waals surface area contributed by atoms with Gasteiger partial charge in [-0.15, -0.1) is 10.2 Å². The van der Waals surface area contributed by atoms with Gasteiger partial charge in [-0.25, -0.2) is 4.98 Å². The number of hydrogen-bond donors (Lipinski definition) is 2. The van der Waals surface area contributed by atoms with Crippen molar-refractivity contribution in [1.82, 2.24) is 30.2 Å². The van der Waals surface area contributed by atoms with Crippen molar-refractivity contribution in [2.75, 3.05) is 5.32 Å². The van der Waals surface area contributed by atoms with Crippen LogP contribution >= 0.6 is 0 Å². The van der Waals surface area contributed by atoms with Gasteiger partial charge >= 0.3 is 0 Å². The lowest BCUT2D eigenvalue weighted by molar-refractivity contribution is 0.517. The number of nitrogens with one attached hydrogen (secondary N) is 2. The van der Waals surface area contributed by atoms with Crippen molar-refractivity contribution in [2.24, 2.45) is 5.92 Å². The number of pyridine rings is 2. The van der Waals surface area contributed by atoms with E-state index in [0.29, 0.717) is 24.1 Å². The van der Waals surface area contributed by atoms with E-state index in [1.165, 1.54) is 0 Å². The standard InChI is InChI=1S/C20H21N7O/c1-13(2)9-10-27-17-11-18(21-12-15(17)5-8-19(27)28)22-16-6-3-14(4-7-16)20-23-25-26-24-20/h3-8,11-13H,9-10H2,1-2H3,(H,21,22)(H,23,24,25,26). The van der Waals surface area contributed by atoms with Crippen molar-refractivity contribution < 1.29 is 0 Å². The molecule has 142 valence electrons. The van der Waals surface area contributed by atoms with Crippen molar-refractivity contribution in [1.29, 1.82) is 0 Å². The van der Waals surface area contributed by atoms with Gasteiger partial charge in [0.05, 0.1) is 5.52 Å². The number of benzene rings is 1. The Morgan fingerprint density at radius 2 is 1.96 bits per heavy atom. The number of aryl methyl sites for hydroxylation is 1. The van der Waals surface area contributed by atoms with E-state index in [0.717, 1.165) is 28.6 Å². The minimum atomic E-state index is 0.00904. The van der Waals surface area contributed by atoms with Crippen LogP contribution in [0.15, 0.2) is 53.5 Å². The topological polar surface area (TPSA) is 101 Å². The van der Waals surface area contributed by atoms with Crippen LogP contribution in [-0.2, 0) is 6.54 Å². The molecule has 0 bridgehead atoms. The van der Waals surface area contributed by atoms with E-state index >= 15 is 0 Å². The number of hydrogen-bond acceptors (Lipinski definition) is 6. The Hall–Kier alpha value is -3.55. The quantitative estimate of drug-likeness (QED) is 0.536. The highest BCUT2D eigenvalue weighted by Gasteiger charge is 2.07. The number of fused-ring (bicyclic) bond motifs is 1. The summed E-state index contributed by atoms with van der Waals surface area (Å²) in [4.78, 5) is 16.8. The normalized spacial score (nSPS) is 11.2. The van der Waals surface area contributed by atoms with Gasteiger partial charge in [-0.1, -0.05) is 13.8 Å². The molecular weight excluding hydrogens is 354 g/mol. The summed E-state index contributed by atoms with van der Waals surface area (Å²) >= 11 is 0. The molecule has 8 nitrogen and oxygen atoms in total. The van der Waals surface area contributed by atoms with Crippen LogP contribution in [0.3, 0.4) is 0 Å². The zero-order chi connectivity index (χ0) is 19.5. The lowest BCUT2D eigenvalue weighted by Gasteiger charge is -2.13. The second kappa shape index (κ2) is 7.59. The number of nitrogens with zero attached hydrogens (tertiary/aromatic N) is 5. The van der Waals surface area contributed by atoms with Gasteiger partial charge < -0.3 is 9.88 Å². The molecule has 0 spiro atoms. The minimum absolute atomic E-state index is 0.00904. The summed E-state index contributed by atoms with van der Waals surface area (Å²) in [5, 5.41) is 18.2. The molecule has 0 unspecified atom stereocenters. The van der Waals surface area contributed by atoms with Gasteiger partial charge in [0.2, 0.25) is 5.82 Å². The SMILES string of the molecule is CC(C)CCn1c(=O)ccc2cnc(Nc3ccc(-c4nn[nH]n4)cc3)cc21. The van der Waals surface area contributed by atoms with E-state index in [2.05, 4.69) is 44.8 Å². The molecule has 0 radical (unpaired) electrons. The van der Waals surface area contributed by atoms with Crippen molar-refractivity contribution in [2.45, 2.75) is 26.8 Å². The van der Waals surface area contributed by atoms with Crippen LogP contribution in [0.2, 0.25) is 0 Å². The molecular formula is C20H21N7O. The van der Waals surface area contributed by atoms with Crippen LogP contribution in [0.5, 0.6) is 0 Å². The number of aromatic nitrogens is 6. The van der Waals surface area contributed by atoms with Crippen LogP contribution in [0, 0.1) is 5.92 Å². The molecule has 4 rings (SSSR count). The second-order valence-corrected chi connectivity index (χ2v) is 7.07. The van der Waals surface area contributed by atoms with Crippen molar-refractivity contribution in [3.63, 3.8) is 0 Å². The first kappa shape index (κ1) is 17.8. The van der Waals surface area contributed by atoms with Gasteiger partial charge in [-0.3, -0.25) is 4.79 Å². The predicted octanol–water partition coefficient (Wildman–Crippen LogP) is 3.37. The Kier molecular flexibility index (Phi) is 4.84. The summed E-state index contributed by atoms with van der Waals surface area (Å²) in [7, 11) is 0. The Labute approximate surface area is 161 Å². The molecule has 0 atom stereocenters. The summed E-state index contributed by atoms with van der Waals surface area (Å²) in [6.07, 6.45) is 2.73. The molecule has 3 aromatic heterocycles. The summed E-state index contributed by atoms with van der Waals surface area (Å²) in [5.41, 5.74) is 2.64. The lowest BCUT2D eigenvalue weighted by Crippen LogP contribution is -2.20. The molecule has 0 saturated heterocycles. The van der Waals surface area contributed by atoms with Crippen LogP contribution in [0.1, 0.15) is 20.3 Å². The van der Waals surface area contributed by atoms with Crippen molar-refractivity contribution in [3.8, 4) is 11.4 Å². The van der Waals surface area contributed by atoms with Crippen LogP contribution in [0.4, 0.5) is 11.5 Å². The third-order valence-corrected chi connectivity index (χ3v) is 4.57. The molecule has 3 heterocycles. The van der Waals surface area contributed by atoms with Gasteiger partial charge in [-0.05, 0) is 47.9 Å². The largest absolute Gasteiger partial charge is 0.340 e. The zero-order valence-corrected chi connectivity index (χ0v) is 15.8. The van der Waals surface area contributed by atoms with Crippen LogP contribution in [-0.4, -0.2) is 30.2 Å². The first-order valence-electron chi connectivity index (χ1n) is 9.20. The molecule has 4 aromatic rings. The molecule has 8 heteroatoms. The van der Waals surface area contributed by atoms with Crippen LogP contribution in [0.25, 0.3) is 22.3 Å².